The van der Waals surface area contributed by atoms with Gasteiger partial charge in [-0.05, 0) is 28.9 Å². The maximum absolute atomic E-state index is 6.17. The van der Waals surface area contributed by atoms with Gasteiger partial charge in [-0.25, -0.2) is 0 Å². The molecule has 3 rings (SSSR count). The molecular weight excluding hydrogens is 346 g/mol. The van der Waals surface area contributed by atoms with Crippen molar-refractivity contribution in [3.8, 4) is 5.75 Å². The quantitative estimate of drug-likeness (QED) is 0.892. The Morgan fingerprint density at radius 3 is 3.10 bits per heavy atom. The number of rotatable bonds is 2. The van der Waals surface area contributed by atoms with Gasteiger partial charge in [-0.2, -0.15) is 4.98 Å². The molecule has 1 saturated heterocycles. The molecule has 1 aromatic heterocycles. The van der Waals surface area contributed by atoms with Crippen LogP contribution in [-0.2, 0) is 0 Å². The molecule has 0 bridgehead atoms. The summed E-state index contributed by atoms with van der Waals surface area (Å²) in [5, 5.41) is 3.91. The Bertz CT molecular complexity index is 646. The average molecular weight is 361 g/mol. The van der Waals surface area contributed by atoms with E-state index in [4.69, 9.17) is 20.8 Å². The van der Waals surface area contributed by atoms with Crippen LogP contribution in [0, 0.1) is 0 Å². The second-order valence-electron chi connectivity index (χ2n) is 4.85. The summed E-state index contributed by atoms with van der Waals surface area (Å²) in [6.07, 6.45) is 0. The summed E-state index contributed by atoms with van der Waals surface area (Å²) in [7, 11) is 1.58. The number of benzene rings is 1. The highest BCUT2D eigenvalue weighted by atomic mass is 79.9. The van der Waals surface area contributed by atoms with Crippen LogP contribution < -0.4 is 15.0 Å². The van der Waals surface area contributed by atoms with Crippen LogP contribution in [0.4, 0.5) is 6.01 Å². The highest BCUT2D eigenvalue weighted by molar-refractivity contribution is 9.10. The van der Waals surface area contributed by atoms with Gasteiger partial charge < -0.3 is 19.4 Å². The van der Waals surface area contributed by atoms with Gasteiger partial charge in [0.15, 0.2) is 16.8 Å². The van der Waals surface area contributed by atoms with Gasteiger partial charge in [-0.3, -0.25) is 0 Å². The Morgan fingerprint density at radius 2 is 2.40 bits per heavy atom. The van der Waals surface area contributed by atoms with Gasteiger partial charge in [0.1, 0.15) is 0 Å². The van der Waals surface area contributed by atoms with Gasteiger partial charge >= 0.3 is 0 Å². The lowest BCUT2D eigenvalue weighted by atomic mass is 10.2. The number of halogens is 2. The van der Waals surface area contributed by atoms with Crippen molar-refractivity contribution in [2.24, 2.45) is 0 Å². The lowest BCUT2D eigenvalue weighted by Crippen LogP contribution is -2.49. The molecule has 5 nitrogen and oxygen atoms in total. The SMILES string of the molecule is COc1c(Cl)cc(Br)c2oc(N3CCNC(C)C3)nc12. The van der Waals surface area contributed by atoms with Crippen LogP contribution >= 0.6 is 27.5 Å². The summed E-state index contributed by atoms with van der Waals surface area (Å²) in [5.74, 6) is 0.544. The Morgan fingerprint density at radius 1 is 1.60 bits per heavy atom. The number of aromatic nitrogens is 1. The van der Waals surface area contributed by atoms with Gasteiger partial charge in [0.25, 0.3) is 6.01 Å². The lowest BCUT2D eigenvalue weighted by Gasteiger charge is -2.30. The van der Waals surface area contributed by atoms with Crippen LogP contribution in [0.25, 0.3) is 11.1 Å². The Balaban J connectivity index is 2.08. The first-order valence-electron chi connectivity index (χ1n) is 6.41. The van der Waals surface area contributed by atoms with E-state index in [0.29, 0.717) is 33.9 Å². The number of nitrogens with zero attached hydrogens (tertiary/aromatic N) is 2. The van der Waals surface area contributed by atoms with Crippen LogP contribution in [-0.4, -0.2) is 37.8 Å². The smallest absolute Gasteiger partial charge is 0.298 e. The molecule has 0 radical (unpaired) electrons. The molecule has 1 aliphatic heterocycles. The number of piperazine rings is 1. The van der Waals surface area contributed by atoms with Crippen molar-refractivity contribution >= 4 is 44.6 Å². The van der Waals surface area contributed by atoms with Crippen molar-refractivity contribution in [2.75, 3.05) is 31.6 Å². The molecule has 0 amide bonds. The predicted molar refractivity (Wildman–Crippen MR) is 82.9 cm³/mol. The van der Waals surface area contributed by atoms with Crippen LogP contribution in [0.2, 0.25) is 5.02 Å². The lowest BCUT2D eigenvalue weighted by molar-refractivity contribution is 0.419. The fourth-order valence-corrected chi connectivity index (χ4v) is 3.32. The Kier molecular flexibility index (Phi) is 3.79. The summed E-state index contributed by atoms with van der Waals surface area (Å²) in [6, 6.07) is 2.78. The average Bonchev–Trinajstić information content (AvgIpc) is 2.84. The maximum atomic E-state index is 6.17. The topological polar surface area (TPSA) is 50.5 Å². The molecular formula is C13H15BrClN3O2. The molecule has 1 aliphatic rings. The number of methoxy groups -OCH3 is 1. The number of hydrogen-bond donors (Lipinski definition) is 1. The highest BCUT2D eigenvalue weighted by Crippen LogP contribution is 2.39. The Hall–Kier alpha value is -0.980. The molecule has 2 aromatic rings. The third-order valence-corrected chi connectivity index (χ3v) is 4.23. The van der Waals surface area contributed by atoms with Crippen molar-refractivity contribution in [2.45, 2.75) is 13.0 Å². The maximum Gasteiger partial charge on any atom is 0.298 e. The van der Waals surface area contributed by atoms with Crippen molar-refractivity contribution in [3.63, 3.8) is 0 Å². The number of oxazole rings is 1. The van der Waals surface area contributed by atoms with Crippen LogP contribution in [0.15, 0.2) is 15.0 Å². The summed E-state index contributed by atoms with van der Waals surface area (Å²) in [6.45, 7) is 4.78. The van der Waals surface area contributed by atoms with Crippen LogP contribution in [0.5, 0.6) is 5.75 Å². The molecule has 1 fully saturated rings. The van der Waals surface area contributed by atoms with Crippen molar-refractivity contribution in [3.05, 3.63) is 15.6 Å². The molecule has 1 atom stereocenters. The minimum atomic E-state index is 0.410. The van der Waals surface area contributed by atoms with E-state index in [2.05, 4.69) is 38.1 Å². The first-order chi connectivity index (χ1) is 9.60. The zero-order valence-electron chi connectivity index (χ0n) is 11.2. The summed E-state index contributed by atoms with van der Waals surface area (Å²) in [4.78, 5) is 6.68. The minimum Gasteiger partial charge on any atom is -0.493 e. The first kappa shape index (κ1) is 14.0. The monoisotopic (exact) mass is 359 g/mol. The van der Waals surface area contributed by atoms with Crippen molar-refractivity contribution < 1.29 is 9.15 Å². The largest absolute Gasteiger partial charge is 0.493 e. The van der Waals surface area contributed by atoms with Crippen LogP contribution in [0.3, 0.4) is 0 Å². The van der Waals surface area contributed by atoms with E-state index in [1.54, 1.807) is 13.2 Å². The van der Waals surface area contributed by atoms with Gasteiger partial charge in [-0.15, -0.1) is 0 Å². The molecule has 108 valence electrons. The molecule has 0 spiro atoms. The molecule has 0 saturated carbocycles. The summed E-state index contributed by atoms with van der Waals surface area (Å²) in [5.41, 5.74) is 1.31. The van der Waals surface area contributed by atoms with Crippen molar-refractivity contribution in [1.29, 1.82) is 0 Å². The zero-order valence-corrected chi connectivity index (χ0v) is 13.6. The molecule has 1 N–H and O–H groups in total. The van der Waals surface area contributed by atoms with Gasteiger partial charge in [0, 0.05) is 25.7 Å². The number of hydrogen-bond acceptors (Lipinski definition) is 5. The fraction of sp³-hybridized carbons (Fsp3) is 0.462. The third kappa shape index (κ3) is 2.36. The second kappa shape index (κ2) is 5.42. The molecule has 2 heterocycles. The molecule has 1 aromatic carbocycles. The number of anilines is 1. The second-order valence-corrected chi connectivity index (χ2v) is 6.11. The standard InChI is InChI=1S/C13H15BrClN3O2/c1-7-6-18(4-3-16-7)13-17-10-11(20-13)8(14)5-9(15)12(10)19-2/h5,7,16H,3-4,6H2,1-2H3. The molecule has 7 heteroatoms. The van der Waals surface area contributed by atoms with Crippen molar-refractivity contribution in [1.82, 2.24) is 10.3 Å². The van der Waals surface area contributed by atoms with Gasteiger partial charge in [0.05, 0.1) is 16.6 Å². The number of ether oxygens (including phenoxy) is 1. The van der Waals surface area contributed by atoms with Crippen LogP contribution in [0.1, 0.15) is 6.92 Å². The first-order valence-corrected chi connectivity index (χ1v) is 7.58. The number of fused-ring (bicyclic) bond motifs is 1. The van der Waals surface area contributed by atoms with E-state index >= 15 is 0 Å². The highest BCUT2D eigenvalue weighted by Gasteiger charge is 2.23. The minimum absolute atomic E-state index is 0.410. The van der Waals surface area contributed by atoms with E-state index in [-0.39, 0.29) is 0 Å². The van der Waals surface area contributed by atoms with E-state index < -0.39 is 0 Å². The number of nitrogens with one attached hydrogen (secondary N) is 1. The molecule has 20 heavy (non-hydrogen) atoms. The van der Waals surface area contributed by atoms with Gasteiger partial charge in [-0.1, -0.05) is 11.6 Å². The van der Waals surface area contributed by atoms with E-state index in [1.165, 1.54) is 0 Å². The summed E-state index contributed by atoms with van der Waals surface area (Å²) < 4.78 is 12.0. The van der Waals surface area contributed by atoms with Gasteiger partial charge in [0.2, 0.25) is 0 Å². The predicted octanol–water partition coefficient (Wildman–Crippen LogP) is 3.05. The fourth-order valence-electron chi connectivity index (χ4n) is 2.42. The summed E-state index contributed by atoms with van der Waals surface area (Å²) >= 11 is 9.62. The zero-order chi connectivity index (χ0) is 14.3. The van der Waals surface area contributed by atoms with E-state index in [9.17, 15) is 0 Å². The molecule has 1 unspecified atom stereocenters. The molecule has 0 aliphatic carbocycles. The van der Waals surface area contributed by atoms with E-state index in [0.717, 1.165) is 24.1 Å². The normalized spacial score (nSPS) is 19.6. The third-order valence-electron chi connectivity index (χ3n) is 3.36. The Labute approximate surface area is 130 Å². The van der Waals surface area contributed by atoms with E-state index in [1.807, 2.05) is 0 Å².